The van der Waals surface area contributed by atoms with Crippen molar-refractivity contribution in [3.8, 4) is 11.1 Å². The number of aryl methyl sites for hydroxylation is 1. The van der Waals surface area contributed by atoms with Gasteiger partial charge in [0.1, 0.15) is 0 Å². The molecule has 0 saturated heterocycles. The van der Waals surface area contributed by atoms with Crippen LogP contribution >= 0.6 is 0 Å². The highest BCUT2D eigenvalue weighted by Crippen LogP contribution is 2.41. The van der Waals surface area contributed by atoms with Crippen molar-refractivity contribution in [3.63, 3.8) is 0 Å². The normalized spacial score (nSPS) is 14.9. The SMILES string of the molecule is C1=C(c2ccccc2)c2ccc3c(c2CC1)CCc1ccccc1-3.O=C1NC(=O)c2ccccc21. The fourth-order valence-electron chi connectivity index (χ4n) is 5.51. The number of allylic oxidation sites excluding steroid dienone is 1. The minimum Gasteiger partial charge on any atom is -0.288 e. The smallest absolute Gasteiger partial charge is 0.258 e. The molecule has 2 aliphatic carbocycles. The van der Waals surface area contributed by atoms with E-state index in [0.29, 0.717) is 11.1 Å². The Morgan fingerprint density at radius 1 is 0.514 bits per heavy atom. The van der Waals surface area contributed by atoms with E-state index in [2.05, 4.69) is 78.1 Å². The number of carbonyl (C=O) groups is 2. The first-order chi connectivity index (χ1) is 17.2. The van der Waals surface area contributed by atoms with Crippen molar-refractivity contribution in [2.24, 2.45) is 0 Å². The molecular formula is C32H25NO2. The molecule has 0 unspecified atom stereocenters. The van der Waals surface area contributed by atoms with Crippen molar-refractivity contribution in [2.45, 2.75) is 25.7 Å². The van der Waals surface area contributed by atoms with Gasteiger partial charge in [-0.1, -0.05) is 84.9 Å². The Balaban J connectivity index is 0.000000174. The molecule has 0 aromatic heterocycles. The Labute approximate surface area is 205 Å². The maximum absolute atomic E-state index is 10.9. The highest BCUT2D eigenvalue weighted by Gasteiger charge is 2.25. The van der Waals surface area contributed by atoms with E-state index < -0.39 is 0 Å². The summed E-state index contributed by atoms with van der Waals surface area (Å²) in [7, 11) is 0. The molecule has 7 rings (SSSR count). The molecular weight excluding hydrogens is 430 g/mol. The Bertz CT molecular complexity index is 1460. The minimum atomic E-state index is -0.300. The van der Waals surface area contributed by atoms with Gasteiger partial charge < -0.3 is 0 Å². The zero-order valence-electron chi connectivity index (χ0n) is 19.4. The van der Waals surface area contributed by atoms with Crippen LogP contribution < -0.4 is 5.32 Å². The van der Waals surface area contributed by atoms with Crippen LogP contribution in [0, 0.1) is 0 Å². The van der Waals surface area contributed by atoms with E-state index in [-0.39, 0.29) is 11.8 Å². The lowest BCUT2D eigenvalue weighted by Gasteiger charge is -2.27. The first-order valence-corrected chi connectivity index (χ1v) is 12.1. The first kappa shape index (κ1) is 21.3. The highest BCUT2D eigenvalue weighted by atomic mass is 16.2. The van der Waals surface area contributed by atoms with Crippen LogP contribution in [0.15, 0.2) is 97.1 Å². The molecule has 0 saturated carbocycles. The lowest BCUT2D eigenvalue weighted by molar-refractivity contribution is 0.0879. The number of fused-ring (bicyclic) bond motifs is 6. The van der Waals surface area contributed by atoms with Gasteiger partial charge in [0.15, 0.2) is 0 Å². The molecule has 0 bridgehead atoms. The van der Waals surface area contributed by atoms with Gasteiger partial charge in [0.2, 0.25) is 0 Å². The number of carbonyl (C=O) groups excluding carboxylic acids is 2. The van der Waals surface area contributed by atoms with E-state index in [1.807, 2.05) is 0 Å². The van der Waals surface area contributed by atoms with Crippen LogP contribution in [0.25, 0.3) is 16.7 Å². The Morgan fingerprint density at radius 3 is 1.86 bits per heavy atom. The molecule has 0 atom stereocenters. The van der Waals surface area contributed by atoms with Gasteiger partial charge in [-0.15, -0.1) is 0 Å². The molecule has 35 heavy (non-hydrogen) atoms. The Kier molecular flexibility index (Phi) is 5.38. The average molecular weight is 456 g/mol. The Morgan fingerprint density at radius 2 is 1.11 bits per heavy atom. The number of amides is 2. The van der Waals surface area contributed by atoms with Gasteiger partial charge in [-0.05, 0) is 82.3 Å². The minimum absolute atomic E-state index is 0.300. The molecule has 2 amide bonds. The van der Waals surface area contributed by atoms with Crippen molar-refractivity contribution >= 4 is 17.4 Å². The molecule has 0 spiro atoms. The molecule has 3 heteroatoms. The molecule has 0 radical (unpaired) electrons. The summed E-state index contributed by atoms with van der Waals surface area (Å²) in [5, 5.41) is 2.20. The molecule has 1 heterocycles. The molecule has 4 aromatic carbocycles. The van der Waals surface area contributed by atoms with Crippen LogP contribution in [0.4, 0.5) is 0 Å². The predicted molar refractivity (Wildman–Crippen MR) is 139 cm³/mol. The Hall–Kier alpha value is -4.24. The van der Waals surface area contributed by atoms with Gasteiger partial charge in [-0.2, -0.15) is 0 Å². The summed E-state index contributed by atoms with van der Waals surface area (Å²) in [6, 6.07) is 31.2. The van der Waals surface area contributed by atoms with Crippen LogP contribution in [-0.4, -0.2) is 11.8 Å². The van der Waals surface area contributed by atoms with Gasteiger partial charge >= 0.3 is 0 Å². The summed E-state index contributed by atoms with van der Waals surface area (Å²) in [5.41, 5.74) is 12.7. The summed E-state index contributed by atoms with van der Waals surface area (Å²) in [6.07, 6.45) is 7.09. The third-order valence-electron chi connectivity index (χ3n) is 7.14. The average Bonchev–Trinajstić information content (AvgIpc) is 3.22. The van der Waals surface area contributed by atoms with Crippen molar-refractivity contribution in [2.75, 3.05) is 0 Å². The van der Waals surface area contributed by atoms with Crippen LogP contribution in [0.1, 0.15) is 55.0 Å². The van der Waals surface area contributed by atoms with E-state index in [1.54, 1.807) is 35.4 Å². The first-order valence-electron chi connectivity index (χ1n) is 12.1. The topological polar surface area (TPSA) is 46.2 Å². The summed E-state index contributed by atoms with van der Waals surface area (Å²) in [6.45, 7) is 0. The highest BCUT2D eigenvalue weighted by molar-refractivity contribution is 6.21. The fraction of sp³-hybridized carbons (Fsp3) is 0.125. The fourth-order valence-corrected chi connectivity index (χ4v) is 5.51. The lowest BCUT2D eigenvalue weighted by Crippen LogP contribution is -2.19. The van der Waals surface area contributed by atoms with Gasteiger partial charge in [0.05, 0.1) is 11.1 Å². The van der Waals surface area contributed by atoms with Crippen molar-refractivity contribution in [1.82, 2.24) is 5.32 Å². The number of benzene rings is 4. The summed E-state index contributed by atoms with van der Waals surface area (Å²) in [5.74, 6) is -0.601. The van der Waals surface area contributed by atoms with Crippen LogP contribution in [0.2, 0.25) is 0 Å². The molecule has 1 N–H and O–H groups in total. The van der Waals surface area contributed by atoms with Crippen molar-refractivity contribution in [3.05, 3.63) is 136 Å². The molecule has 3 nitrogen and oxygen atoms in total. The number of hydrogen-bond acceptors (Lipinski definition) is 2. The molecule has 170 valence electrons. The van der Waals surface area contributed by atoms with Crippen molar-refractivity contribution in [1.29, 1.82) is 0 Å². The lowest BCUT2D eigenvalue weighted by atomic mass is 9.77. The van der Waals surface area contributed by atoms with Gasteiger partial charge in [-0.25, -0.2) is 0 Å². The molecule has 3 aliphatic rings. The van der Waals surface area contributed by atoms with E-state index in [4.69, 9.17) is 0 Å². The predicted octanol–water partition coefficient (Wildman–Crippen LogP) is 6.40. The number of nitrogens with one attached hydrogen (secondary N) is 1. The van der Waals surface area contributed by atoms with Crippen LogP contribution in [0.3, 0.4) is 0 Å². The van der Waals surface area contributed by atoms with Crippen LogP contribution in [-0.2, 0) is 19.3 Å². The number of rotatable bonds is 1. The van der Waals surface area contributed by atoms with E-state index >= 15 is 0 Å². The zero-order chi connectivity index (χ0) is 23.8. The van der Waals surface area contributed by atoms with E-state index in [1.165, 1.54) is 52.7 Å². The van der Waals surface area contributed by atoms with Crippen molar-refractivity contribution < 1.29 is 9.59 Å². The second-order valence-electron chi connectivity index (χ2n) is 9.13. The second kappa shape index (κ2) is 8.84. The standard InChI is InChI=1S/C24H20.C8H5NO2/c1-2-7-17(8-3-1)20-11-6-12-21-22(20)15-16-23-19-10-5-4-9-18(19)13-14-24(21)23;10-7-5-3-1-2-4-6(5)8(11)9-7/h1-5,7-11,15-16H,6,12-14H2;1-4H,(H,9,10,11). The number of imide groups is 1. The summed E-state index contributed by atoms with van der Waals surface area (Å²) in [4.78, 5) is 21.9. The monoisotopic (exact) mass is 455 g/mol. The third kappa shape index (κ3) is 3.79. The molecule has 4 aromatic rings. The van der Waals surface area contributed by atoms with E-state index in [9.17, 15) is 9.59 Å². The van der Waals surface area contributed by atoms with Gasteiger partial charge in [0, 0.05) is 0 Å². The zero-order valence-corrected chi connectivity index (χ0v) is 19.4. The molecule has 1 aliphatic heterocycles. The van der Waals surface area contributed by atoms with Gasteiger partial charge in [-0.3, -0.25) is 14.9 Å². The number of hydrogen-bond donors (Lipinski definition) is 1. The maximum atomic E-state index is 10.9. The molecule has 0 fully saturated rings. The van der Waals surface area contributed by atoms with E-state index in [0.717, 1.165) is 6.42 Å². The third-order valence-corrected chi connectivity index (χ3v) is 7.14. The summed E-state index contributed by atoms with van der Waals surface area (Å²) >= 11 is 0. The quantitative estimate of drug-likeness (QED) is 0.338. The van der Waals surface area contributed by atoms with Crippen LogP contribution in [0.5, 0.6) is 0 Å². The summed E-state index contributed by atoms with van der Waals surface area (Å²) < 4.78 is 0. The second-order valence-corrected chi connectivity index (χ2v) is 9.13. The van der Waals surface area contributed by atoms with Gasteiger partial charge in [0.25, 0.3) is 11.8 Å². The largest absolute Gasteiger partial charge is 0.288 e. The maximum Gasteiger partial charge on any atom is 0.258 e.